The maximum absolute atomic E-state index is 11.4. The van der Waals surface area contributed by atoms with Crippen LogP contribution in [0.1, 0.15) is 47.2 Å². The number of terminal acetylenes is 1. The average molecular weight is 482 g/mol. The summed E-state index contributed by atoms with van der Waals surface area (Å²) in [6, 6.07) is 7.55. The minimum absolute atomic E-state index is 0.172. The van der Waals surface area contributed by atoms with Gasteiger partial charge in [0.05, 0.1) is 11.4 Å². The Morgan fingerprint density at radius 3 is 2.40 bits per heavy atom. The van der Waals surface area contributed by atoms with Crippen molar-refractivity contribution in [3.8, 4) is 18.1 Å². The molecule has 9 nitrogen and oxygen atoms in total. The minimum Gasteiger partial charge on any atom is -0.423 e. The van der Waals surface area contributed by atoms with Gasteiger partial charge in [0.1, 0.15) is 5.69 Å². The molecule has 9 heteroatoms. The number of piperazine rings is 1. The Morgan fingerprint density at radius 2 is 1.80 bits per heavy atom. The van der Waals surface area contributed by atoms with Crippen LogP contribution in [0.3, 0.4) is 0 Å². The molecular weight excluding hydrogens is 442 g/mol. The lowest BCUT2D eigenvalue weighted by molar-refractivity contribution is -0.114. The molecule has 0 aliphatic carbocycles. The van der Waals surface area contributed by atoms with Gasteiger partial charge in [0.25, 0.3) is 0 Å². The third kappa shape index (κ3) is 7.90. The SMILES string of the molecule is C#CC.C=C1c2[nH]c(N3CCNCC3)nc2N=C(Oc2ccccc2NC(C)=O)N1C.CC.CC. The first-order valence-corrected chi connectivity index (χ1v) is 11.9. The largest absolute Gasteiger partial charge is 0.423 e. The topological polar surface area (TPSA) is 97.9 Å². The molecule has 4 rings (SSSR count). The highest BCUT2D eigenvalue weighted by Crippen LogP contribution is 2.34. The van der Waals surface area contributed by atoms with Gasteiger partial charge in [-0.1, -0.05) is 46.4 Å². The van der Waals surface area contributed by atoms with Crippen molar-refractivity contribution in [2.24, 2.45) is 4.99 Å². The number of carbonyl (C=O) groups is 1. The van der Waals surface area contributed by atoms with Crippen molar-refractivity contribution in [2.45, 2.75) is 41.5 Å². The van der Waals surface area contributed by atoms with E-state index in [9.17, 15) is 4.79 Å². The van der Waals surface area contributed by atoms with Gasteiger partial charge in [0, 0.05) is 40.2 Å². The van der Waals surface area contributed by atoms with Crippen LogP contribution in [0.4, 0.5) is 17.5 Å². The quantitative estimate of drug-likeness (QED) is 0.560. The third-order valence-corrected chi connectivity index (χ3v) is 4.67. The predicted molar refractivity (Wildman–Crippen MR) is 146 cm³/mol. The number of hydrogen-bond donors (Lipinski definition) is 3. The number of aliphatic imine (C=N–C) groups is 1. The molecule has 0 saturated carbocycles. The van der Waals surface area contributed by atoms with E-state index < -0.39 is 0 Å². The summed E-state index contributed by atoms with van der Waals surface area (Å²) >= 11 is 0. The number of imidazole rings is 1. The zero-order valence-electron chi connectivity index (χ0n) is 22.0. The molecule has 0 radical (unpaired) electrons. The number of nitrogens with zero attached hydrogens (tertiary/aromatic N) is 4. The number of hydrogen-bond acceptors (Lipinski definition) is 7. The van der Waals surface area contributed by atoms with E-state index in [0.717, 1.165) is 37.8 Å². The number of ether oxygens (including phenoxy) is 1. The second-order valence-corrected chi connectivity index (χ2v) is 6.96. The van der Waals surface area contributed by atoms with Crippen molar-refractivity contribution in [1.29, 1.82) is 0 Å². The fourth-order valence-electron chi connectivity index (χ4n) is 3.15. The molecule has 3 heterocycles. The van der Waals surface area contributed by atoms with Gasteiger partial charge in [-0.25, -0.2) is 0 Å². The number of aromatic nitrogens is 2. The van der Waals surface area contributed by atoms with Crippen molar-refractivity contribution in [2.75, 3.05) is 43.4 Å². The molecule has 1 amide bonds. The van der Waals surface area contributed by atoms with Gasteiger partial charge >= 0.3 is 6.02 Å². The van der Waals surface area contributed by atoms with Crippen molar-refractivity contribution >= 4 is 35.1 Å². The average Bonchev–Trinajstić information content (AvgIpc) is 3.31. The third-order valence-electron chi connectivity index (χ3n) is 4.67. The highest BCUT2D eigenvalue weighted by atomic mass is 16.5. The van der Waals surface area contributed by atoms with E-state index in [1.165, 1.54) is 6.92 Å². The fraction of sp³-hybridized carbons (Fsp3) is 0.423. The van der Waals surface area contributed by atoms with E-state index in [2.05, 4.69) is 49.4 Å². The molecule has 0 bridgehead atoms. The van der Waals surface area contributed by atoms with Crippen LogP contribution in [-0.4, -0.2) is 60.0 Å². The van der Waals surface area contributed by atoms with Gasteiger partial charge in [0.15, 0.2) is 11.6 Å². The molecule has 35 heavy (non-hydrogen) atoms. The standard InChI is InChI=1S/C19H23N7O2.C3H4.2C2H6/c1-12-16-17(23-18(22-16)26-10-8-20-9-11-26)24-19(25(12)3)28-15-7-5-4-6-14(15)21-13(2)27;1-3-2;2*1-2/h4-7,20H,1,8-11H2,2-3H3,(H,21,27)(H,22,23);1H,2H3;2*1-2H3. The van der Waals surface area contributed by atoms with Crippen LogP contribution in [0, 0.1) is 12.3 Å². The molecule has 1 aromatic heterocycles. The van der Waals surface area contributed by atoms with E-state index in [-0.39, 0.29) is 5.91 Å². The Balaban J connectivity index is 0.000000797. The number of aromatic amines is 1. The van der Waals surface area contributed by atoms with Crippen LogP contribution in [-0.2, 0) is 4.79 Å². The van der Waals surface area contributed by atoms with E-state index >= 15 is 0 Å². The zero-order chi connectivity index (χ0) is 26.4. The molecule has 0 spiro atoms. The molecule has 2 aliphatic heterocycles. The Morgan fingerprint density at radius 1 is 1.20 bits per heavy atom. The normalized spacial score (nSPS) is 13.8. The van der Waals surface area contributed by atoms with E-state index in [0.29, 0.717) is 29.0 Å². The van der Waals surface area contributed by atoms with Gasteiger partial charge in [-0.2, -0.15) is 9.98 Å². The zero-order valence-corrected chi connectivity index (χ0v) is 22.0. The Kier molecular flexibility index (Phi) is 12.7. The fourth-order valence-corrected chi connectivity index (χ4v) is 3.15. The Labute approximate surface area is 209 Å². The number of amidine groups is 1. The Hall–Kier alpha value is -3.77. The highest BCUT2D eigenvalue weighted by molar-refractivity contribution is 5.95. The number of H-pyrrole nitrogens is 1. The lowest BCUT2D eigenvalue weighted by atomic mass is 10.3. The van der Waals surface area contributed by atoms with Crippen molar-refractivity contribution in [3.05, 3.63) is 36.5 Å². The van der Waals surface area contributed by atoms with E-state index in [1.807, 2.05) is 46.9 Å². The highest BCUT2D eigenvalue weighted by Gasteiger charge is 2.28. The summed E-state index contributed by atoms with van der Waals surface area (Å²) in [4.78, 5) is 27.9. The first-order valence-electron chi connectivity index (χ1n) is 11.9. The summed E-state index contributed by atoms with van der Waals surface area (Å²) in [5, 5.41) is 6.09. The number of benzene rings is 1. The molecule has 3 N–H and O–H groups in total. The number of fused-ring (bicyclic) bond motifs is 1. The first kappa shape index (κ1) is 29.3. The second kappa shape index (κ2) is 15.2. The maximum atomic E-state index is 11.4. The number of anilines is 2. The van der Waals surface area contributed by atoms with E-state index in [1.54, 1.807) is 24.0 Å². The number of rotatable bonds is 3. The number of nitrogens with one attached hydrogen (secondary N) is 3. The van der Waals surface area contributed by atoms with Crippen LogP contribution < -0.4 is 20.3 Å². The number of amides is 1. The summed E-state index contributed by atoms with van der Waals surface area (Å²) in [5.41, 5.74) is 2.07. The molecule has 0 unspecified atom stereocenters. The van der Waals surface area contributed by atoms with Crippen LogP contribution in [0.15, 0.2) is 35.8 Å². The van der Waals surface area contributed by atoms with Crippen LogP contribution in [0.25, 0.3) is 5.70 Å². The number of para-hydroxylation sites is 2. The predicted octanol–water partition coefficient (Wildman–Crippen LogP) is 4.45. The molecule has 2 aromatic rings. The summed E-state index contributed by atoms with van der Waals surface area (Å²) < 4.78 is 6.00. The van der Waals surface area contributed by atoms with Crippen LogP contribution >= 0.6 is 0 Å². The number of carbonyl (C=O) groups excluding carboxylic acids is 1. The van der Waals surface area contributed by atoms with Crippen LogP contribution in [0.5, 0.6) is 5.75 Å². The van der Waals surface area contributed by atoms with Crippen LogP contribution in [0.2, 0.25) is 0 Å². The van der Waals surface area contributed by atoms with Gasteiger partial charge in [-0.05, 0) is 19.1 Å². The Bertz CT molecular complexity index is 1030. The molecule has 190 valence electrons. The molecule has 2 aliphatic rings. The summed E-state index contributed by atoms with van der Waals surface area (Å²) in [7, 11) is 1.83. The smallest absolute Gasteiger partial charge is 0.304 e. The summed E-state index contributed by atoms with van der Waals surface area (Å²) in [6.45, 7) is 18.9. The summed E-state index contributed by atoms with van der Waals surface area (Å²) in [6.07, 6.45) is 4.60. The van der Waals surface area contributed by atoms with Crippen molar-refractivity contribution in [1.82, 2.24) is 20.2 Å². The minimum atomic E-state index is -0.172. The lowest BCUT2D eigenvalue weighted by Crippen LogP contribution is -2.44. The van der Waals surface area contributed by atoms with Gasteiger partial charge < -0.3 is 25.3 Å². The maximum Gasteiger partial charge on any atom is 0.304 e. The molecular formula is C26H39N7O2. The van der Waals surface area contributed by atoms with E-state index in [4.69, 9.17) is 4.74 Å². The molecule has 1 aromatic carbocycles. The van der Waals surface area contributed by atoms with Gasteiger partial charge in [0.2, 0.25) is 11.9 Å². The molecule has 0 atom stereocenters. The summed E-state index contributed by atoms with van der Waals surface area (Å²) in [5.74, 6) is 3.90. The van der Waals surface area contributed by atoms with Gasteiger partial charge in [-0.3, -0.25) is 9.69 Å². The van der Waals surface area contributed by atoms with Gasteiger partial charge in [-0.15, -0.1) is 12.3 Å². The van der Waals surface area contributed by atoms with Crippen molar-refractivity contribution < 1.29 is 9.53 Å². The monoisotopic (exact) mass is 481 g/mol. The second-order valence-electron chi connectivity index (χ2n) is 6.96. The van der Waals surface area contributed by atoms with Crippen molar-refractivity contribution in [3.63, 3.8) is 0 Å². The molecule has 1 saturated heterocycles. The lowest BCUT2D eigenvalue weighted by Gasteiger charge is -2.27. The molecule has 1 fully saturated rings. The first-order chi connectivity index (χ1) is 16.9.